The van der Waals surface area contributed by atoms with Crippen molar-refractivity contribution in [3.8, 4) is 0 Å². The molecule has 0 saturated heterocycles. The fourth-order valence-corrected chi connectivity index (χ4v) is 1.69. The third-order valence-electron chi connectivity index (χ3n) is 1.52. The van der Waals surface area contributed by atoms with Crippen molar-refractivity contribution in [2.75, 3.05) is 0 Å². The first kappa shape index (κ1) is 13.6. The maximum atomic E-state index is 3.46. The number of halogens is 2. The number of hydrogen-bond acceptors (Lipinski definition) is 0. The smallest absolute Gasteiger partial charge is 0.485 e. The van der Waals surface area contributed by atoms with Gasteiger partial charge in [0.25, 0.3) is 0 Å². The van der Waals surface area contributed by atoms with E-state index in [2.05, 4.69) is 37.9 Å². The minimum Gasteiger partial charge on any atom is -0.485 e. The van der Waals surface area contributed by atoms with E-state index < -0.39 is 0 Å². The van der Waals surface area contributed by atoms with Crippen molar-refractivity contribution in [2.45, 2.75) is 17.7 Å². The molecule has 1 atom stereocenters. The molecule has 0 fully saturated rings. The van der Waals surface area contributed by atoms with Gasteiger partial charge in [-0.15, -0.1) is 0 Å². The van der Waals surface area contributed by atoms with Crippen LogP contribution in [0.3, 0.4) is 0 Å². The summed E-state index contributed by atoms with van der Waals surface area (Å²) in [5.74, 6) is 0. The zero-order valence-electron chi connectivity index (χ0n) is 6.99. The van der Waals surface area contributed by atoms with E-state index >= 15 is 0 Å². The topological polar surface area (TPSA) is 0 Å². The van der Waals surface area contributed by atoms with Gasteiger partial charge in [0.2, 0.25) is 0 Å². The third-order valence-corrected chi connectivity index (χ3v) is 3.89. The molecular weight excluding hydrogens is 336 g/mol. The first-order chi connectivity index (χ1) is 5.80. The van der Waals surface area contributed by atoms with Gasteiger partial charge in [-0.05, 0) is 0 Å². The predicted octanol–water partition coefficient (Wildman–Crippen LogP) is 4.03. The first-order valence-corrected chi connectivity index (χ1v) is 5.58. The molecule has 1 aromatic carbocycles. The SMILES string of the molecule is BrC1=[C-]CCC1Br.[Fe+2].c1cc[cH-]c1. The Balaban J connectivity index is 0.000000215. The summed E-state index contributed by atoms with van der Waals surface area (Å²) in [4.78, 5) is 0.549. The van der Waals surface area contributed by atoms with Crippen LogP contribution in [0.4, 0.5) is 0 Å². The van der Waals surface area contributed by atoms with E-state index in [9.17, 15) is 0 Å². The van der Waals surface area contributed by atoms with Crippen molar-refractivity contribution in [1.29, 1.82) is 0 Å². The molecule has 0 radical (unpaired) electrons. The van der Waals surface area contributed by atoms with Gasteiger partial charge in [0.1, 0.15) is 0 Å². The Bertz CT molecular complexity index is 212. The van der Waals surface area contributed by atoms with Crippen LogP contribution < -0.4 is 0 Å². The number of hydrogen-bond donors (Lipinski definition) is 0. The quantitative estimate of drug-likeness (QED) is 0.378. The maximum Gasteiger partial charge on any atom is 2.00 e. The van der Waals surface area contributed by atoms with E-state index in [1.165, 1.54) is 10.9 Å². The second kappa shape index (κ2) is 7.93. The van der Waals surface area contributed by atoms with Gasteiger partial charge in [-0.1, -0.05) is 38.3 Å². The zero-order chi connectivity index (χ0) is 8.81. The molecule has 0 nitrogen and oxygen atoms in total. The molecule has 1 aliphatic carbocycles. The van der Waals surface area contributed by atoms with Crippen LogP contribution in [0.2, 0.25) is 0 Å². The third kappa shape index (κ3) is 5.79. The molecular formula is C10H10Br2Fe. The molecule has 0 N–H and O–H groups in total. The van der Waals surface area contributed by atoms with Crippen LogP contribution in [-0.2, 0) is 17.1 Å². The molecule has 0 bridgehead atoms. The summed E-state index contributed by atoms with van der Waals surface area (Å²) >= 11 is 6.82. The Morgan fingerprint density at radius 3 is 2.15 bits per heavy atom. The van der Waals surface area contributed by atoms with Crippen LogP contribution in [0.5, 0.6) is 0 Å². The average Bonchev–Trinajstić information content (AvgIpc) is 2.67. The van der Waals surface area contributed by atoms with Crippen LogP contribution in [0.25, 0.3) is 0 Å². The Hall–Kier alpha value is 0.569. The summed E-state index contributed by atoms with van der Waals surface area (Å²) in [6.07, 6.45) is 5.44. The second-order valence-corrected chi connectivity index (χ2v) is 4.45. The Morgan fingerprint density at radius 2 is 2.00 bits per heavy atom. The summed E-state index contributed by atoms with van der Waals surface area (Å²) in [5.41, 5.74) is 0. The van der Waals surface area contributed by atoms with Crippen LogP contribution in [0.1, 0.15) is 12.8 Å². The number of allylic oxidation sites excluding steroid dienone is 2. The number of rotatable bonds is 0. The largest absolute Gasteiger partial charge is 2.00 e. The molecule has 2 rings (SSSR count). The van der Waals surface area contributed by atoms with Crippen LogP contribution >= 0.6 is 31.9 Å². The summed E-state index contributed by atoms with van der Waals surface area (Å²) < 4.78 is 1.19. The van der Waals surface area contributed by atoms with Gasteiger partial charge in [0, 0.05) is 4.83 Å². The molecule has 13 heavy (non-hydrogen) atoms. The van der Waals surface area contributed by atoms with Crippen molar-refractivity contribution in [1.82, 2.24) is 0 Å². The fraction of sp³-hybridized carbons (Fsp3) is 0.300. The van der Waals surface area contributed by atoms with Gasteiger partial charge >= 0.3 is 17.1 Å². The minimum atomic E-state index is 0. The van der Waals surface area contributed by atoms with E-state index in [0.717, 1.165) is 6.42 Å². The average molecular weight is 346 g/mol. The van der Waals surface area contributed by atoms with Gasteiger partial charge < -0.3 is 6.08 Å². The Kier molecular flexibility index (Phi) is 8.27. The van der Waals surface area contributed by atoms with Gasteiger partial charge in [0.05, 0.1) is 0 Å². The summed E-state index contributed by atoms with van der Waals surface area (Å²) in [5, 5.41) is 0. The Labute approximate surface area is 107 Å². The molecule has 1 aliphatic rings. The van der Waals surface area contributed by atoms with Crippen molar-refractivity contribution in [3.63, 3.8) is 0 Å². The standard InChI is InChI=1S/C5H5Br2.C5H5.Fe/c6-4-2-1-3-5(4)7;1-2-4-5-3-1;/h4H,1-2H2;1-5H;/q2*-1;+2. The normalized spacial score (nSPS) is 19.5. The Morgan fingerprint density at radius 1 is 1.38 bits per heavy atom. The van der Waals surface area contributed by atoms with Gasteiger partial charge in [0.15, 0.2) is 0 Å². The van der Waals surface area contributed by atoms with E-state index in [1.54, 1.807) is 0 Å². The number of alkyl halides is 1. The monoisotopic (exact) mass is 344 g/mol. The van der Waals surface area contributed by atoms with Crippen LogP contribution in [0, 0.1) is 6.08 Å². The molecule has 72 valence electrons. The van der Waals surface area contributed by atoms with E-state index in [0.29, 0.717) is 4.83 Å². The van der Waals surface area contributed by atoms with Crippen LogP contribution in [-0.4, -0.2) is 4.83 Å². The zero-order valence-corrected chi connectivity index (χ0v) is 11.3. The molecule has 1 aromatic rings. The summed E-state index contributed by atoms with van der Waals surface area (Å²) in [6, 6.07) is 10.0. The minimum absolute atomic E-state index is 0. The first-order valence-electron chi connectivity index (χ1n) is 3.87. The van der Waals surface area contributed by atoms with Crippen molar-refractivity contribution in [2.24, 2.45) is 0 Å². The molecule has 0 aromatic heterocycles. The molecule has 0 heterocycles. The molecule has 0 spiro atoms. The van der Waals surface area contributed by atoms with E-state index in [4.69, 9.17) is 0 Å². The van der Waals surface area contributed by atoms with Gasteiger partial charge in [-0.25, -0.2) is 12.1 Å². The second-order valence-electron chi connectivity index (χ2n) is 2.49. The van der Waals surface area contributed by atoms with Crippen molar-refractivity contribution in [3.05, 3.63) is 40.9 Å². The molecule has 0 saturated carbocycles. The van der Waals surface area contributed by atoms with Crippen molar-refractivity contribution >= 4 is 31.9 Å². The molecule has 0 aliphatic heterocycles. The van der Waals surface area contributed by atoms with E-state index in [-0.39, 0.29) is 17.1 Å². The fourth-order valence-electron chi connectivity index (χ4n) is 0.877. The van der Waals surface area contributed by atoms with Crippen LogP contribution in [0.15, 0.2) is 34.8 Å². The predicted molar refractivity (Wildman–Crippen MR) is 59.7 cm³/mol. The summed E-state index contributed by atoms with van der Waals surface area (Å²) in [7, 11) is 0. The van der Waals surface area contributed by atoms with Gasteiger partial charge in [-0.3, -0.25) is 0 Å². The maximum absolute atomic E-state index is 3.46. The molecule has 1 unspecified atom stereocenters. The summed E-state index contributed by atoms with van der Waals surface area (Å²) in [6.45, 7) is 0. The van der Waals surface area contributed by atoms with Gasteiger partial charge in [-0.2, -0.15) is 29.1 Å². The molecule has 0 amide bonds. The van der Waals surface area contributed by atoms with E-state index in [1.807, 2.05) is 30.3 Å². The van der Waals surface area contributed by atoms with Crippen molar-refractivity contribution < 1.29 is 17.1 Å². The molecule has 3 heteroatoms.